The highest BCUT2D eigenvalue weighted by Gasteiger charge is 2.09. The average molecular weight is 256 g/mol. The number of aromatic nitrogens is 2. The zero-order valence-corrected chi connectivity index (χ0v) is 11.9. The van der Waals surface area contributed by atoms with E-state index < -0.39 is 0 Å². The molecule has 0 saturated heterocycles. The van der Waals surface area contributed by atoms with Crippen molar-refractivity contribution in [3.63, 3.8) is 0 Å². The van der Waals surface area contributed by atoms with Crippen LogP contribution in [-0.2, 0) is 6.42 Å². The predicted molar refractivity (Wildman–Crippen MR) is 80.2 cm³/mol. The first-order valence-electron chi connectivity index (χ1n) is 6.50. The second-order valence-electron chi connectivity index (χ2n) is 4.53. The minimum atomic E-state index is 0.824. The van der Waals surface area contributed by atoms with Gasteiger partial charge in [0.25, 0.3) is 0 Å². The molecule has 0 amide bonds. The van der Waals surface area contributed by atoms with Crippen molar-refractivity contribution in [3.05, 3.63) is 41.7 Å². The Balaban J connectivity index is 2.40. The van der Waals surface area contributed by atoms with E-state index in [4.69, 9.17) is 0 Å². The monoisotopic (exact) mass is 256 g/mol. The van der Waals surface area contributed by atoms with Crippen molar-refractivity contribution in [2.75, 3.05) is 24.3 Å². The van der Waals surface area contributed by atoms with Gasteiger partial charge in [0.05, 0.1) is 0 Å². The van der Waals surface area contributed by atoms with Crippen LogP contribution in [0.1, 0.15) is 18.3 Å². The molecule has 0 saturated carbocycles. The summed E-state index contributed by atoms with van der Waals surface area (Å²) in [6.45, 7) is 4.15. The van der Waals surface area contributed by atoms with Crippen LogP contribution in [0.25, 0.3) is 0 Å². The molecule has 0 aliphatic heterocycles. The largest absolute Gasteiger partial charge is 0.373 e. The van der Waals surface area contributed by atoms with Gasteiger partial charge in [-0.15, -0.1) is 0 Å². The fourth-order valence-corrected chi connectivity index (χ4v) is 1.91. The molecule has 2 rings (SSSR count). The molecule has 4 heteroatoms. The van der Waals surface area contributed by atoms with E-state index in [2.05, 4.69) is 58.3 Å². The van der Waals surface area contributed by atoms with Crippen LogP contribution in [0.3, 0.4) is 0 Å². The van der Waals surface area contributed by atoms with Gasteiger partial charge in [0.15, 0.2) is 0 Å². The lowest BCUT2D eigenvalue weighted by Gasteiger charge is -2.20. The van der Waals surface area contributed by atoms with Crippen LogP contribution >= 0.6 is 0 Å². The summed E-state index contributed by atoms with van der Waals surface area (Å²) in [6.07, 6.45) is 0.824. The van der Waals surface area contributed by atoms with Gasteiger partial charge in [0.2, 0.25) is 0 Å². The average Bonchev–Trinajstić information content (AvgIpc) is 2.45. The summed E-state index contributed by atoms with van der Waals surface area (Å²) in [6, 6.07) is 10.3. The summed E-state index contributed by atoms with van der Waals surface area (Å²) >= 11 is 0. The molecule has 2 aromatic rings. The maximum absolute atomic E-state index is 4.58. The Hall–Kier alpha value is -2.10. The van der Waals surface area contributed by atoms with Crippen LogP contribution in [0.15, 0.2) is 30.3 Å². The van der Waals surface area contributed by atoms with Gasteiger partial charge in [0.1, 0.15) is 17.5 Å². The molecule has 19 heavy (non-hydrogen) atoms. The summed E-state index contributed by atoms with van der Waals surface area (Å²) in [5.74, 6) is 2.60. The first kappa shape index (κ1) is 13.3. The Bertz CT molecular complexity index is 544. The molecular weight excluding hydrogens is 236 g/mol. The molecule has 0 spiro atoms. The predicted octanol–water partition coefficient (Wildman–Crippen LogP) is 3.16. The Labute approximate surface area is 114 Å². The number of hydrogen-bond acceptors (Lipinski definition) is 4. The maximum atomic E-state index is 4.58. The number of rotatable bonds is 4. The molecule has 1 aromatic heterocycles. The quantitative estimate of drug-likeness (QED) is 0.912. The smallest absolute Gasteiger partial charge is 0.138 e. The lowest BCUT2D eigenvalue weighted by atomic mass is 10.2. The Kier molecular flexibility index (Phi) is 4.00. The minimum Gasteiger partial charge on any atom is -0.373 e. The molecule has 0 bridgehead atoms. The summed E-state index contributed by atoms with van der Waals surface area (Å²) in [4.78, 5) is 11.1. The summed E-state index contributed by atoms with van der Waals surface area (Å²) < 4.78 is 0. The van der Waals surface area contributed by atoms with Crippen LogP contribution in [-0.4, -0.2) is 24.1 Å². The fourth-order valence-electron chi connectivity index (χ4n) is 1.91. The van der Waals surface area contributed by atoms with E-state index in [1.54, 1.807) is 0 Å². The van der Waals surface area contributed by atoms with Gasteiger partial charge >= 0.3 is 0 Å². The van der Waals surface area contributed by atoms with Crippen molar-refractivity contribution in [1.82, 2.24) is 9.97 Å². The van der Waals surface area contributed by atoms with Gasteiger partial charge in [-0.2, -0.15) is 0 Å². The Morgan fingerprint density at radius 2 is 2.00 bits per heavy atom. The second kappa shape index (κ2) is 5.69. The van der Waals surface area contributed by atoms with Crippen LogP contribution in [0.4, 0.5) is 17.3 Å². The van der Waals surface area contributed by atoms with Crippen LogP contribution < -0.4 is 10.2 Å². The summed E-state index contributed by atoms with van der Waals surface area (Å²) in [5, 5.41) is 3.08. The Morgan fingerprint density at radius 1 is 1.21 bits per heavy atom. The van der Waals surface area contributed by atoms with Crippen molar-refractivity contribution in [2.45, 2.75) is 20.3 Å². The topological polar surface area (TPSA) is 41.1 Å². The van der Waals surface area contributed by atoms with Gasteiger partial charge in [-0.1, -0.05) is 19.1 Å². The maximum Gasteiger partial charge on any atom is 0.138 e. The van der Waals surface area contributed by atoms with Crippen molar-refractivity contribution in [1.29, 1.82) is 0 Å². The van der Waals surface area contributed by atoms with E-state index in [0.717, 1.165) is 29.6 Å². The summed E-state index contributed by atoms with van der Waals surface area (Å²) in [7, 11) is 3.90. The van der Waals surface area contributed by atoms with E-state index in [0.29, 0.717) is 0 Å². The third-order valence-electron chi connectivity index (χ3n) is 3.06. The number of aryl methyl sites for hydroxylation is 2. The second-order valence-corrected chi connectivity index (χ2v) is 4.53. The normalized spacial score (nSPS) is 10.3. The summed E-state index contributed by atoms with van der Waals surface area (Å²) in [5.41, 5.74) is 2.37. The van der Waals surface area contributed by atoms with Crippen LogP contribution in [0, 0.1) is 6.92 Å². The molecule has 1 aromatic carbocycles. The molecule has 0 unspecified atom stereocenters. The van der Waals surface area contributed by atoms with Gasteiger partial charge < -0.3 is 10.2 Å². The van der Waals surface area contributed by atoms with Crippen molar-refractivity contribution >= 4 is 17.3 Å². The van der Waals surface area contributed by atoms with E-state index >= 15 is 0 Å². The van der Waals surface area contributed by atoms with Gasteiger partial charge in [-0.25, -0.2) is 9.97 Å². The third-order valence-corrected chi connectivity index (χ3v) is 3.06. The number of benzene rings is 1. The molecule has 0 fully saturated rings. The van der Waals surface area contributed by atoms with E-state index in [1.165, 1.54) is 5.56 Å². The van der Waals surface area contributed by atoms with E-state index in [-0.39, 0.29) is 0 Å². The molecule has 4 nitrogen and oxygen atoms in total. The molecule has 0 radical (unpaired) electrons. The number of hydrogen-bond donors (Lipinski definition) is 1. The van der Waals surface area contributed by atoms with Crippen molar-refractivity contribution < 1.29 is 0 Å². The standard InChI is InChI=1S/C15H20N4/c1-5-13-17-14(16-3)10-15(18-13)19(4)12-8-6-7-11(2)9-12/h6-10H,5H2,1-4H3,(H,16,17,18). The molecular formula is C15H20N4. The molecule has 1 N–H and O–H groups in total. The molecule has 0 atom stereocenters. The first-order chi connectivity index (χ1) is 9.13. The number of nitrogens with one attached hydrogen (secondary N) is 1. The fraction of sp³-hybridized carbons (Fsp3) is 0.333. The van der Waals surface area contributed by atoms with Crippen LogP contribution in [0.2, 0.25) is 0 Å². The Morgan fingerprint density at radius 3 is 2.63 bits per heavy atom. The first-order valence-corrected chi connectivity index (χ1v) is 6.50. The van der Waals surface area contributed by atoms with Gasteiger partial charge in [-0.05, 0) is 24.6 Å². The third kappa shape index (κ3) is 3.02. The zero-order chi connectivity index (χ0) is 13.8. The van der Waals surface area contributed by atoms with E-state index in [9.17, 15) is 0 Å². The molecule has 0 aliphatic rings. The highest BCUT2D eigenvalue weighted by molar-refractivity contribution is 5.62. The van der Waals surface area contributed by atoms with Gasteiger partial charge in [-0.3, -0.25) is 0 Å². The van der Waals surface area contributed by atoms with Crippen molar-refractivity contribution in [2.24, 2.45) is 0 Å². The zero-order valence-electron chi connectivity index (χ0n) is 11.9. The molecule has 1 heterocycles. The lowest BCUT2D eigenvalue weighted by Crippen LogP contribution is -2.13. The SMILES string of the molecule is CCc1nc(NC)cc(N(C)c2cccc(C)c2)n1. The van der Waals surface area contributed by atoms with E-state index in [1.807, 2.05) is 20.2 Å². The van der Waals surface area contributed by atoms with Crippen LogP contribution in [0.5, 0.6) is 0 Å². The van der Waals surface area contributed by atoms with Crippen molar-refractivity contribution in [3.8, 4) is 0 Å². The minimum absolute atomic E-state index is 0.824. The lowest BCUT2D eigenvalue weighted by molar-refractivity contribution is 0.927. The molecule has 100 valence electrons. The highest BCUT2D eigenvalue weighted by atomic mass is 15.2. The number of anilines is 3. The number of nitrogens with zero attached hydrogens (tertiary/aromatic N) is 3. The van der Waals surface area contributed by atoms with Gasteiger partial charge in [0, 0.05) is 32.3 Å². The highest BCUT2D eigenvalue weighted by Crippen LogP contribution is 2.24. The molecule has 0 aliphatic carbocycles.